The van der Waals surface area contributed by atoms with E-state index in [0.717, 1.165) is 5.56 Å². The van der Waals surface area contributed by atoms with E-state index in [9.17, 15) is 17.6 Å². The fourth-order valence-electron chi connectivity index (χ4n) is 0.848. The maximum absolute atomic E-state index is 12.4. The topological polar surface area (TPSA) is 9.23 Å². The molecule has 0 saturated carbocycles. The Hall–Kier alpha value is -0.780. The molecule has 0 radical (unpaired) electrons. The van der Waals surface area contributed by atoms with Crippen molar-refractivity contribution in [2.75, 3.05) is 0 Å². The van der Waals surface area contributed by atoms with E-state index in [1.807, 2.05) is 0 Å². The Balaban J connectivity index is 2.73. The zero-order valence-corrected chi connectivity index (χ0v) is 8.98. The van der Waals surface area contributed by atoms with Crippen molar-refractivity contribution in [3.8, 4) is 5.75 Å². The van der Waals surface area contributed by atoms with Crippen LogP contribution in [0, 0.1) is 0 Å². The largest absolute Gasteiger partial charge is 0.461 e. The molecule has 0 spiro atoms. The van der Waals surface area contributed by atoms with Crippen molar-refractivity contribution in [2.24, 2.45) is 0 Å². The minimum Gasteiger partial charge on any atom is -0.428 e. The lowest BCUT2D eigenvalue weighted by molar-refractivity contribution is -0.253. The van der Waals surface area contributed by atoms with Crippen LogP contribution in [-0.4, -0.2) is 12.5 Å². The monoisotopic (exact) mass is 286 g/mol. The van der Waals surface area contributed by atoms with Crippen LogP contribution in [0.3, 0.4) is 0 Å². The molecule has 1 aromatic carbocycles. The molecule has 1 aromatic rings. The Morgan fingerprint density at radius 3 is 2.13 bits per heavy atom. The van der Waals surface area contributed by atoms with E-state index in [-0.39, 0.29) is 5.75 Å². The van der Waals surface area contributed by atoms with Gasteiger partial charge in [0.2, 0.25) is 0 Å². The molecule has 1 rings (SSSR count). The third-order valence-corrected chi connectivity index (χ3v) is 2.23. The predicted molar refractivity (Wildman–Crippen MR) is 50.7 cm³/mol. The first-order valence-corrected chi connectivity index (χ1v) is 5.07. The predicted octanol–water partition coefficient (Wildman–Crippen LogP) is 3.82. The molecule has 0 heterocycles. The molecular weight excluding hydrogens is 280 g/mol. The quantitative estimate of drug-likeness (QED) is 0.604. The molecule has 0 atom stereocenters. The van der Waals surface area contributed by atoms with Crippen molar-refractivity contribution in [3.63, 3.8) is 0 Å². The lowest BCUT2D eigenvalue weighted by atomic mass is 10.2. The molecule has 0 amide bonds. The Kier molecular flexibility index (Phi) is 3.96. The second-order valence-corrected chi connectivity index (χ2v) is 3.30. The number of ether oxygens (including phenoxy) is 1. The van der Waals surface area contributed by atoms with Gasteiger partial charge in [-0.15, -0.1) is 0 Å². The Labute approximate surface area is 92.2 Å². The van der Waals surface area contributed by atoms with Crippen molar-refractivity contribution in [2.45, 2.75) is 17.9 Å². The van der Waals surface area contributed by atoms with Crippen molar-refractivity contribution in [1.29, 1.82) is 0 Å². The van der Waals surface area contributed by atoms with Gasteiger partial charge in [0.05, 0.1) is 0 Å². The summed E-state index contributed by atoms with van der Waals surface area (Å²) in [6.07, 6.45) is -8.29. The Morgan fingerprint density at radius 2 is 1.73 bits per heavy atom. The van der Waals surface area contributed by atoms with Crippen LogP contribution >= 0.6 is 15.9 Å². The molecule has 0 N–H and O–H groups in total. The molecule has 0 fully saturated rings. The molecule has 15 heavy (non-hydrogen) atoms. The first-order chi connectivity index (χ1) is 6.95. The SMILES string of the molecule is FC(F)C(F)(F)Oc1ccc(CBr)cc1. The van der Waals surface area contributed by atoms with Crippen molar-refractivity contribution < 1.29 is 22.3 Å². The summed E-state index contributed by atoms with van der Waals surface area (Å²) in [5.74, 6) is -0.287. The molecule has 0 saturated heterocycles. The van der Waals surface area contributed by atoms with Crippen molar-refractivity contribution >= 4 is 15.9 Å². The number of benzene rings is 1. The molecule has 0 aliphatic rings. The average molecular weight is 287 g/mol. The summed E-state index contributed by atoms with van der Waals surface area (Å²) in [7, 11) is 0. The van der Waals surface area contributed by atoms with E-state index in [1.165, 1.54) is 24.3 Å². The zero-order chi connectivity index (χ0) is 11.5. The minimum atomic E-state index is -4.45. The zero-order valence-electron chi connectivity index (χ0n) is 7.39. The highest BCUT2D eigenvalue weighted by Crippen LogP contribution is 2.27. The van der Waals surface area contributed by atoms with E-state index < -0.39 is 12.5 Å². The molecule has 0 aromatic heterocycles. The van der Waals surface area contributed by atoms with Crippen LogP contribution in [0.25, 0.3) is 0 Å². The highest BCUT2D eigenvalue weighted by Gasteiger charge is 2.43. The normalized spacial score (nSPS) is 11.9. The molecular formula is C9H7BrF4O. The summed E-state index contributed by atoms with van der Waals surface area (Å²) in [5, 5.41) is 0.554. The maximum Gasteiger partial charge on any atom is 0.461 e. The lowest BCUT2D eigenvalue weighted by Crippen LogP contribution is -2.33. The van der Waals surface area contributed by atoms with Gasteiger partial charge >= 0.3 is 12.5 Å². The van der Waals surface area contributed by atoms with Crippen LogP contribution in [0.15, 0.2) is 24.3 Å². The fourth-order valence-corrected chi connectivity index (χ4v) is 1.22. The summed E-state index contributed by atoms with van der Waals surface area (Å²) in [6.45, 7) is 0. The van der Waals surface area contributed by atoms with Gasteiger partial charge in [0.25, 0.3) is 0 Å². The second-order valence-electron chi connectivity index (χ2n) is 2.74. The molecule has 0 unspecified atom stereocenters. The molecule has 84 valence electrons. The third-order valence-electron chi connectivity index (χ3n) is 1.59. The van der Waals surface area contributed by atoms with E-state index in [0.29, 0.717) is 5.33 Å². The number of hydrogen-bond donors (Lipinski definition) is 0. The second kappa shape index (κ2) is 4.83. The average Bonchev–Trinajstić information content (AvgIpc) is 2.18. The molecule has 0 aliphatic carbocycles. The molecule has 1 nitrogen and oxygen atoms in total. The standard InChI is InChI=1S/C9H7BrF4O/c10-5-6-1-3-7(4-2-6)15-9(13,14)8(11)12/h1-4,8H,5H2. The molecule has 0 bridgehead atoms. The number of alkyl halides is 5. The van der Waals surface area contributed by atoms with Gasteiger partial charge in [0, 0.05) is 5.33 Å². The van der Waals surface area contributed by atoms with Gasteiger partial charge in [-0.3, -0.25) is 0 Å². The highest BCUT2D eigenvalue weighted by atomic mass is 79.9. The van der Waals surface area contributed by atoms with Crippen LogP contribution in [0.4, 0.5) is 17.6 Å². The van der Waals surface area contributed by atoms with Crippen LogP contribution < -0.4 is 4.74 Å². The smallest absolute Gasteiger partial charge is 0.428 e. The van der Waals surface area contributed by atoms with Crippen LogP contribution in [0.5, 0.6) is 5.75 Å². The van der Waals surface area contributed by atoms with Gasteiger partial charge in [0.15, 0.2) is 0 Å². The first-order valence-electron chi connectivity index (χ1n) is 3.95. The molecule has 6 heteroatoms. The summed E-state index contributed by atoms with van der Waals surface area (Å²) in [5.41, 5.74) is 0.836. The maximum atomic E-state index is 12.4. The first kappa shape index (κ1) is 12.3. The van der Waals surface area contributed by atoms with E-state index in [1.54, 1.807) is 0 Å². The summed E-state index contributed by atoms with van der Waals surface area (Å²) in [4.78, 5) is 0. The van der Waals surface area contributed by atoms with Crippen LogP contribution in [0.2, 0.25) is 0 Å². The minimum absolute atomic E-state index is 0.287. The summed E-state index contributed by atoms with van der Waals surface area (Å²) < 4.78 is 52.3. The number of halogens is 5. The molecule has 0 aliphatic heterocycles. The lowest BCUT2D eigenvalue weighted by Gasteiger charge is -2.16. The van der Waals surface area contributed by atoms with Crippen LogP contribution in [-0.2, 0) is 5.33 Å². The van der Waals surface area contributed by atoms with Gasteiger partial charge in [-0.05, 0) is 17.7 Å². The Morgan fingerprint density at radius 1 is 1.20 bits per heavy atom. The van der Waals surface area contributed by atoms with Gasteiger partial charge in [0.1, 0.15) is 5.75 Å². The van der Waals surface area contributed by atoms with Gasteiger partial charge in [-0.1, -0.05) is 28.1 Å². The van der Waals surface area contributed by atoms with Gasteiger partial charge in [-0.2, -0.15) is 17.6 Å². The Bertz CT molecular complexity index is 312. The summed E-state index contributed by atoms with van der Waals surface area (Å²) in [6, 6.07) is 5.44. The van der Waals surface area contributed by atoms with Gasteiger partial charge in [-0.25, -0.2) is 0 Å². The van der Waals surface area contributed by atoms with Crippen molar-refractivity contribution in [1.82, 2.24) is 0 Å². The third kappa shape index (κ3) is 3.37. The van der Waals surface area contributed by atoms with E-state index >= 15 is 0 Å². The van der Waals surface area contributed by atoms with E-state index in [2.05, 4.69) is 20.7 Å². The van der Waals surface area contributed by atoms with E-state index in [4.69, 9.17) is 0 Å². The summed E-state index contributed by atoms with van der Waals surface area (Å²) >= 11 is 3.16. The van der Waals surface area contributed by atoms with Crippen molar-refractivity contribution in [3.05, 3.63) is 29.8 Å². The number of rotatable bonds is 4. The van der Waals surface area contributed by atoms with Crippen LogP contribution in [0.1, 0.15) is 5.56 Å². The number of hydrogen-bond acceptors (Lipinski definition) is 1. The van der Waals surface area contributed by atoms with Gasteiger partial charge < -0.3 is 4.74 Å². The highest BCUT2D eigenvalue weighted by molar-refractivity contribution is 9.08. The fraction of sp³-hybridized carbons (Fsp3) is 0.333.